The maximum absolute atomic E-state index is 11.7. The highest BCUT2D eigenvalue weighted by atomic mass is 16.6. The number of rotatable bonds is 6. The molecule has 0 spiro atoms. The van der Waals surface area contributed by atoms with E-state index in [1.54, 1.807) is 27.3 Å². The highest BCUT2D eigenvalue weighted by Crippen LogP contribution is 2.25. The average Bonchev–Trinajstić information content (AvgIpc) is 2.44. The predicted molar refractivity (Wildman–Crippen MR) is 72.7 cm³/mol. The van der Waals surface area contributed by atoms with E-state index >= 15 is 0 Å². The van der Waals surface area contributed by atoms with Gasteiger partial charge < -0.3 is 19.1 Å². The van der Waals surface area contributed by atoms with Gasteiger partial charge in [0, 0.05) is 18.7 Å². The number of benzene rings is 1. The Morgan fingerprint density at radius 2 is 2.00 bits per heavy atom. The van der Waals surface area contributed by atoms with Crippen LogP contribution in [0.5, 0.6) is 11.5 Å². The van der Waals surface area contributed by atoms with Crippen LogP contribution in [0.1, 0.15) is 18.9 Å². The van der Waals surface area contributed by atoms with Gasteiger partial charge in [0.25, 0.3) is 0 Å². The van der Waals surface area contributed by atoms with Crippen LogP contribution in [0.3, 0.4) is 0 Å². The van der Waals surface area contributed by atoms with E-state index in [-0.39, 0.29) is 6.09 Å². The first-order valence-corrected chi connectivity index (χ1v) is 6.21. The van der Waals surface area contributed by atoms with Gasteiger partial charge in [-0.15, -0.1) is 0 Å². The molecule has 0 aliphatic heterocycles. The molecule has 19 heavy (non-hydrogen) atoms. The van der Waals surface area contributed by atoms with E-state index in [0.29, 0.717) is 18.9 Å². The zero-order valence-electron chi connectivity index (χ0n) is 11.9. The van der Waals surface area contributed by atoms with Gasteiger partial charge in [-0.2, -0.15) is 0 Å². The molecule has 1 aromatic rings. The van der Waals surface area contributed by atoms with Gasteiger partial charge in [0.2, 0.25) is 0 Å². The van der Waals surface area contributed by atoms with E-state index in [0.717, 1.165) is 17.7 Å². The lowest BCUT2D eigenvalue weighted by Gasteiger charge is -2.18. The summed E-state index contributed by atoms with van der Waals surface area (Å²) in [5, 5.41) is 0. The number of hydrogen-bond donors (Lipinski definition) is 0. The maximum atomic E-state index is 11.7. The molecular formula is C14H21NO4. The monoisotopic (exact) mass is 267 g/mol. The Labute approximate surface area is 114 Å². The molecule has 5 heteroatoms. The Kier molecular flexibility index (Phi) is 5.99. The third-order valence-electron chi connectivity index (χ3n) is 2.64. The lowest BCUT2D eigenvalue weighted by Crippen LogP contribution is -2.27. The molecule has 1 aromatic carbocycles. The van der Waals surface area contributed by atoms with E-state index in [1.165, 1.54) is 4.90 Å². The Morgan fingerprint density at radius 3 is 2.58 bits per heavy atom. The quantitative estimate of drug-likeness (QED) is 0.795. The first-order valence-electron chi connectivity index (χ1n) is 6.21. The zero-order chi connectivity index (χ0) is 14.3. The predicted octanol–water partition coefficient (Wildman–Crippen LogP) is 2.68. The number of carbonyl (C=O) groups excluding carboxylic acids is 1. The fourth-order valence-corrected chi connectivity index (χ4v) is 1.60. The Bertz CT molecular complexity index is 420. The lowest BCUT2D eigenvalue weighted by atomic mass is 10.2. The van der Waals surface area contributed by atoms with Crippen LogP contribution in [0.2, 0.25) is 0 Å². The highest BCUT2D eigenvalue weighted by molar-refractivity contribution is 5.67. The molecule has 5 nitrogen and oxygen atoms in total. The van der Waals surface area contributed by atoms with Gasteiger partial charge in [-0.3, -0.25) is 0 Å². The third-order valence-corrected chi connectivity index (χ3v) is 2.64. The third kappa shape index (κ3) is 4.35. The van der Waals surface area contributed by atoms with Gasteiger partial charge in [-0.1, -0.05) is 6.92 Å². The van der Waals surface area contributed by atoms with E-state index in [1.807, 2.05) is 19.1 Å². The van der Waals surface area contributed by atoms with Crippen molar-refractivity contribution in [2.45, 2.75) is 19.9 Å². The molecule has 0 aliphatic carbocycles. The fraction of sp³-hybridized carbons (Fsp3) is 0.500. The smallest absolute Gasteiger partial charge is 0.409 e. The molecule has 106 valence electrons. The summed E-state index contributed by atoms with van der Waals surface area (Å²) < 4.78 is 15.5. The number of nitrogens with zero attached hydrogens (tertiary/aromatic N) is 1. The number of carbonyl (C=O) groups is 1. The van der Waals surface area contributed by atoms with Crippen molar-refractivity contribution in [2.75, 3.05) is 27.9 Å². The minimum atomic E-state index is -0.334. The maximum Gasteiger partial charge on any atom is 0.409 e. The van der Waals surface area contributed by atoms with Crippen molar-refractivity contribution in [1.82, 2.24) is 4.90 Å². The Morgan fingerprint density at radius 1 is 1.26 bits per heavy atom. The van der Waals surface area contributed by atoms with Crippen LogP contribution in [-0.2, 0) is 11.3 Å². The molecule has 0 heterocycles. The molecule has 0 unspecified atom stereocenters. The topological polar surface area (TPSA) is 48.0 Å². The molecule has 0 aliphatic rings. The number of ether oxygens (including phenoxy) is 3. The van der Waals surface area contributed by atoms with Gasteiger partial charge in [-0.05, 0) is 18.6 Å². The van der Waals surface area contributed by atoms with Gasteiger partial charge in [0.1, 0.15) is 11.5 Å². The van der Waals surface area contributed by atoms with Crippen molar-refractivity contribution < 1.29 is 19.0 Å². The summed E-state index contributed by atoms with van der Waals surface area (Å²) in [6, 6.07) is 5.50. The molecule has 0 radical (unpaired) electrons. The van der Waals surface area contributed by atoms with Crippen LogP contribution in [0.15, 0.2) is 18.2 Å². The molecule has 1 rings (SSSR count). The van der Waals surface area contributed by atoms with E-state index in [9.17, 15) is 4.79 Å². The second-order valence-corrected chi connectivity index (χ2v) is 4.15. The van der Waals surface area contributed by atoms with Crippen molar-refractivity contribution in [2.24, 2.45) is 0 Å². The SMILES string of the molecule is CCCOC(=O)N(C)Cc1ccc(OC)cc1OC. The largest absolute Gasteiger partial charge is 0.497 e. The molecule has 0 bridgehead atoms. The van der Waals surface area contributed by atoms with Crippen molar-refractivity contribution in [3.05, 3.63) is 23.8 Å². The van der Waals surface area contributed by atoms with Gasteiger partial charge in [0.15, 0.2) is 0 Å². The number of amides is 1. The van der Waals surface area contributed by atoms with Crippen LogP contribution >= 0.6 is 0 Å². The lowest BCUT2D eigenvalue weighted by molar-refractivity contribution is 0.109. The fourth-order valence-electron chi connectivity index (χ4n) is 1.60. The standard InChI is InChI=1S/C14H21NO4/c1-5-8-19-14(16)15(2)10-11-6-7-12(17-3)9-13(11)18-4/h6-7,9H,5,8,10H2,1-4H3. The molecule has 0 N–H and O–H groups in total. The minimum absolute atomic E-state index is 0.334. The van der Waals surface area contributed by atoms with E-state index in [2.05, 4.69) is 0 Å². The Balaban J connectivity index is 2.72. The van der Waals surface area contributed by atoms with Crippen LogP contribution < -0.4 is 9.47 Å². The first kappa shape index (κ1) is 15.1. The second-order valence-electron chi connectivity index (χ2n) is 4.15. The molecule has 0 saturated heterocycles. The molecule has 0 fully saturated rings. The van der Waals surface area contributed by atoms with Gasteiger partial charge in [-0.25, -0.2) is 4.79 Å². The minimum Gasteiger partial charge on any atom is -0.497 e. The average molecular weight is 267 g/mol. The van der Waals surface area contributed by atoms with Gasteiger partial charge >= 0.3 is 6.09 Å². The summed E-state index contributed by atoms with van der Waals surface area (Å²) in [5.74, 6) is 1.41. The van der Waals surface area contributed by atoms with Crippen molar-refractivity contribution in [3.8, 4) is 11.5 Å². The van der Waals surface area contributed by atoms with Crippen LogP contribution in [0.4, 0.5) is 4.79 Å². The van der Waals surface area contributed by atoms with E-state index < -0.39 is 0 Å². The number of methoxy groups -OCH3 is 2. The molecule has 0 aromatic heterocycles. The first-order chi connectivity index (χ1) is 9.12. The second kappa shape index (κ2) is 7.51. The van der Waals surface area contributed by atoms with Crippen LogP contribution in [-0.4, -0.2) is 38.9 Å². The summed E-state index contributed by atoms with van der Waals surface area (Å²) >= 11 is 0. The van der Waals surface area contributed by atoms with Crippen molar-refractivity contribution in [1.29, 1.82) is 0 Å². The summed E-state index contributed by atoms with van der Waals surface area (Å²) in [7, 11) is 4.89. The van der Waals surface area contributed by atoms with Crippen molar-refractivity contribution in [3.63, 3.8) is 0 Å². The molecular weight excluding hydrogens is 246 g/mol. The zero-order valence-corrected chi connectivity index (χ0v) is 11.9. The van der Waals surface area contributed by atoms with E-state index in [4.69, 9.17) is 14.2 Å². The molecule has 0 atom stereocenters. The Hall–Kier alpha value is -1.91. The van der Waals surface area contributed by atoms with Crippen LogP contribution in [0.25, 0.3) is 0 Å². The van der Waals surface area contributed by atoms with Crippen LogP contribution in [0, 0.1) is 0 Å². The normalized spacial score (nSPS) is 9.89. The summed E-state index contributed by atoms with van der Waals surface area (Å²) in [6.07, 6.45) is 0.477. The summed E-state index contributed by atoms with van der Waals surface area (Å²) in [6.45, 7) is 2.82. The molecule has 1 amide bonds. The van der Waals surface area contributed by atoms with Crippen molar-refractivity contribution >= 4 is 6.09 Å². The number of hydrogen-bond acceptors (Lipinski definition) is 4. The molecule has 0 saturated carbocycles. The summed E-state index contributed by atoms with van der Waals surface area (Å²) in [5.41, 5.74) is 0.902. The summed E-state index contributed by atoms with van der Waals surface area (Å²) in [4.78, 5) is 13.2. The highest BCUT2D eigenvalue weighted by Gasteiger charge is 2.13. The van der Waals surface area contributed by atoms with Gasteiger partial charge in [0.05, 0.1) is 27.4 Å².